The van der Waals surface area contributed by atoms with E-state index in [9.17, 15) is 0 Å². The zero-order valence-corrected chi connectivity index (χ0v) is 25.7. The van der Waals surface area contributed by atoms with E-state index < -0.39 is 0 Å². The van der Waals surface area contributed by atoms with Crippen molar-refractivity contribution in [1.82, 2.24) is 8.75 Å². The number of hydrogen-bond acceptors (Lipinski definition) is 7. The number of fused-ring (bicyclic) bond motifs is 1. The lowest BCUT2D eigenvalue weighted by Crippen LogP contribution is -1.81. The average molecular weight is 603 g/mol. The van der Waals surface area contributed by atoms with Gasteiger partial charge >= 0.3 is 0 Å². The van der Waals surface area contributed by atoms with E-state index in [1.165, 1.54) is 46.6 Å². The molecule has 7 heteroatoms. The number of aromatic nitrogens is 2. The number of rotatable bonds is 4. The third-order valence-electron chi connectivity index (χ3n) is 6.02. The molecule has 0 saturated carbocycles. The summed E-state index contributed by atoms with van der Waals surface area (Å²) >= 11 is 8.42. The van der Waals surface area contributed by atoms with Crippen molar-refractivity contribution in [2.75, 3.05) is 0 Å². The Balaban J connectivity index is 1.34. The Labute approximate surface area is 253 Å². The number of terminal acetylenes is 1. The molecular formula is C33H18N2S5. The maximum atomic E-state index is 5.12. The average Bonchev–Trinajstić information content (AvgIpc) is 3.76. The number of hydrogen-bond donors (Lipinski definition) is 0. The second kappa shape index (κ2) is 11.3. The van der Waals surface area contributed by atoms with Crippen LogP contribution in [0.1, 0.15) is 20.9 Å². The first-order valence-electron chi connectivity index (χ1n) is 12.1. The van der Waals surface area contributed by atoms with Crippen LogP contribution in [0.25, 0.3) is 51.4 Å². The molecule has 0 aliphatic heterocycles. The predicted octanol–water partition coefficient (Wildman–Crippen LogP) is 9.52. The van der Waals surface area contributed by atoms with Gasteiger partial charge < -0.3 is 0 Å². The summed E-state index contributed by atoms with van der Waals surface area (Å²) in [7, 11) is 0. The van der Waals surface area contributed by atoms with Crippen molar-refractivity contribution in [2.45, 2.75) is 20.8 Å². The smallest absolute Gasteiger partial charge is 0.114 e. The van der Waals surface area contributed by atoms with Crippen LogP contribution in [-0.4, -0.2) is 8.75 Å². The number of thiophene rings is 4. The normalized spacial score (nSPS) is 10.2. The number of aryl methyl sites for hydroxylation is 3. The van der Waals surface area contributed by atoms with Gasteiger partial charge in [-0.2, -0.15) is 8.75 Å². The van der Waals surface area contributed by atoms with Crippen LogP contribution < -0.4 is 0 Å². The van der Waals surface area contributed by atoms with Crippen molar-refractivity contribution < 1.29 is 0 Å². The van der Waals surface area contributed by atoms with Crippen molar-refractivity contribution >= 4 is 68.1 Å². The summed E-state index contributed by atoms with van der Waals surface area (Å²) in [5.74, 6) is 18.8. The van der Waals surface area contributed by atoms with Crippen LogP contribution in [0.5, 0.6) is 0 Å². The van der Waals surface area contributed by atoms with Crippen molar-refractivity contribution in [3.8, 4) is 88.3 Å². The number of nitrogens with zero attached hydrogens (tertiary/aromatic N) is 2. The van der Waals surface area contributed by atoms with E-state index in [4.69, 9.17) is 15.2 Å². The molecule has 0 N–H and O–H groups in total. The summed E-state index contributed by atoms with van der Waals surface area (Å²) in [4.78, 5) is 9.87. The van der Waals surface area contributed by atoms with Crippen molar-refractivity contribution in [3.63, 3.8) is 0 Å². The predicted molar refractivity (Wildman–Crippen MR) is 176 cm³/mol. The highest BCUT2D eigenvalue weighted by atomic mass is 32.1. The molecule has 190 valence electrons. The van der Waals surface area contributed by atoms with Crippen LogP contribution in [0.2, 0.25) is 0 Å². The maximum absolute atomic E-state index is 5.12. The third-order valence-corrected chi connectivity index (χ3v) is 11.4. The summed E-state index contributed by atoms with van der Waals surface area (Å²) in [6.45, 7) is 6.44. The monoisotopic (exact) mass is 602 g/mol. The summed E-state index contributed by atoms with van der Waals surface area (Å²) < 4.78 is 9.45. The Morgan fingerprint density at radius 2 is 1.15 bits per heavy atom. The lowest BCUT2D eigenvalue weighted by Gasteiger charge is -2.03. The van der Waals surface area contributed by atoms with Crippen molar-refractivity contribution in [3.05, 3.63) is 69.4 Å². The SMILES string of the molecule is C#CC#CC#CC#Cc1cc(C)sc1-c1ccc(-c2ccc(-c3ccc(-c4sc(C)cc4C)s3)c3nsnc23)s1. The summed E-state index contributed by atoms with van der Waals surface area (Å²) in [6.07, 6.45) is 5.12. The Kier molecular flexibility index (Phi) is 7.42. The Hall–Kier alpha value is -3.92. The van der Waals surface area contributed by atoms with Gasteiger partial charge in [-0.15, -0.1) is 51.8 Å². The van der Waals surface area contributed by atoms with Gasteiger partial charge in [0.1, 0.15) is 11.0 Å². The molecular weight excluding hydrogens is 585 g/mol. The molecule has 0 atom stereocenters. The molecule has 0 amide bonds. The molecule has 0 saturated heterocycles. The molecule has 5 heterocycles. The summed E-state index contributed by atoms with van der Waals surface area (Å²) in [6, 6.07) is 17.5. The van der Waals surface area contributed by atoms with Crippen LogP contribution in [0.3, 0.4) is 0 Å². The zero-order valence-electron chi connectivity index (χ0n) is 21.6. The highest BCUT2D eigenvalue weighted by Crippen LogP contribution is 2.45. The molecule has 0 unspecified atom stereocenters. The van der Waals surface area contributed by atoms with E-state index in [1.54, 1.807) is 22.7 Å². The van der Waals surface area contributed by atoms with Gasteiger partial charge in [-0.25, -0.2) is 0 Å². The maximum Gasteiger partial charge on any atom is 0.114 e. The first-order chi connectivity index (χ1) is 19.5. The number of benzene rings is 1. The van der Waals surface area contributed by atoms with E-state index in [-0.39, 0.29) is 0 Å². The van der Waals surface area contributed by atoms with Crippen LogP contribution in [-0.2, 0) is 0 Å². The van der Waals surface area contributed by atoms with Crippen molar-refractivity contribution in [1.29, 1.82) is 0 Å². The minimum atomic E-state index is 0.944. The standard InChI is InChI=1S/C33H18N2S5/c1-5-6-7-8-9-10-11-23-19-22(4)37-33(23)29-17-15-27(39-29)25-13-12-24(30-31(25)35-40-34-30)26-14-16-28(38-26)32-20(2)18-21(3)36-32/h1,12-19H,2-4H3. The van der Waals surface area contributed by atoms with E-state index in [2.05, 4.69) is 111 Å². The van der Waals surface area contributed by atoms with E-state index in [0.29, 0.717) is 0 Å². The Morgan fingerprint density at radius 3 is 1.77 bits per heavy atom. The van der Waals surface area contributed by atoms with Crippen LogP contribution in [0.4, 0.5) is 0 Å². The first kappa shape index (κ1) is 26.3. The van der Waals surface area contributed by atoms with Crippen molar-refractivity contribution in [2.24, 2.45) is 0 Å². The van der Waals surface area contributed by atoms with Gasteiger partial charge in [-0.1, -0.05) is 18.1 Å². The van der Waals surface area contributed by atoms with Crippen LogP contribution >= 0.6 is 57.1 Å². The second-order valence-corrected chi connectivity index (χ2v) is 14.0. The Bertz CT molecular complexity index is 2140. The highest BCUT2D eigenvalue weighted by Gasteiger charge is 2.18. The van der Waals surface area contributed by atoms with Crippen LogP contribution in [0, 0.1) is 68.6 Å². The molecule has 6 rings (SSSR count). The van der Waals surface area contributed by atoms with Crippen LogP contribution in [0.15, 0.2) is 48.5 Å². The summed E-state index contributed by atoms with van der Waals surface area (Å²) in [5, 5.41) is 0. The van der Waals surface area contributed by atoms with Gasteiger partial charge in [0.05, 0.1) is 16.6 Å². The van der Waals surface area contributed by atoms with Gasteiger partial charge in [-0.3, -0.25) is 0 Å². The van der Waals surface area contributed by atoms with E-state index >= 15 is 0 Å². The molecule has 0 bridgehead atoms. The topological polar surface area (TPSA) is 25.8 Å². The van der Waals surface area contributed by atoms with Gasteiger partial charge in [0.25, 0.3) is 0 Å². The molecule has 1 aromatic carbocycles. The minimum Gasteiger partial charge on any atom is -0.172 e. The fraction of sp³-hybridized carbons (Fsp3) is 0.0909. The highest BCUT2D eigenvalue weighted by molar-refractivity contribution is 7.24. The molecule has 5 aromatic heterocycles. The van der Waals surface area contributed by atoms with Gasteiger partial charge in [0, 0.05) is 50.8 Å². The molecule has 40 heavy (non-hydrogen) atoms. The Morgan fingerprint density at radius 1 is 0.600 bits per heavy atom. The largest absolute Gasteiger partial charge is 0.172 e. The lowest BCUT2D eigenvalue weighted by atomic mass is 10.1. The lowest BCUT2D eigenvalue weighted by molar-refractivity contribution is 1.51. The van der Waals surface area contributed by atoms with E-state index in [0.717, 1.165) is 37.5 Å². The van der Waals surface area contributed by atoms with E-state index in [1.807, 2.05) is 22.7 Å². The van der Waals surface area contributed by atoms with Gasteiger partial charge in [0.2, 0.25) is 0 Å². The van der Waals surface area contributed by atoms with Gasteiger partial charge in [0.15, 0.2) is 0 Å². The van der Waals surface area contributed by atoms with Gasteiger partial charge in [-0.05, 0) is 98.3 Å². The fourth-order valence-corrected chi connectivity index (χ4v) is 9.31. The molecule has 0 spiro atoms. The molecule has 6 aromatic rings. The summed E-state index contributed by atoms with van der Waals surface area (Å²) in [5.41, 5.74) is 6.43. The fourth-order valence-electron chi connectivity index (χ4n) is 4.38. The zero-order chi connectivity index (χ0) is 27.6. The minimum absolute atomic E-state index is 0.944. The molecule has 0 fully saturated rings. The molecule has 0 radical (unpaired) electrons. The quantitative estimate of drug-likeness (QED) is 0.188. The molecule has 2 nitrogen and oxygen atoms in total. The first-order valence-corrected chi connectivity index (χ1v) is 16.1. The third kappa shape index (κ3) is 5.15. The molecule has 0 aliphatic carbocycles. The second-order valence-electron chi connectivity index (χ2n) is 8.81. The molecule has 0 aliphatic rings.